The quantitative estimate of drug-likeness (QED) is 0.685. The lowest BCUT2D eigenvalue weighted by atomic mass is 9.87. The molecule has 5 nitrogen and oxygen atoms in total. The summed E-state index contributed by atoms with van der Waals surface area (Å²) in [6, 6.07) is 8.05. The van der Waals surface area contributed by atoms with Crippen molar-refractivity contribution in [3.63, 3.8) is 0 Å². The molecular weight excluding hydrogens is 284 g/mol. The Kier molecular flexibility index (Phi) is 4.18. The Balaban J connectivity index is 2.33. The zero-order valence-corrected chi connectivity index (χ0v) is 13.4. The van der Waals surface area contributed by atoms with E-state index < -0.39 is 0 Å². The topological polar surface area (TPSA) is 63.0 Å². The lowest BCUT2D eigenvalue weighted by Crippen LogP contribution is -2.22. The first-order valence-corrected chi connectivity index (χ1v) is 7.03. The van der Waals surface area contributed by atoms with Crippen molar-refractivity contribution in [2.24, 2.45) is 5.10 Å². The maximum absolute atomic E-state index is 11.9. The van der Waals surface area contributed by atoms with Gasteiger partial charge in [0.15, 0.2) is 0 Å². The second-order valence-corrected chi connectivity index (χ2v) is 6.23. The molecule has 6 heteroatoms. The van der Waals surface area contributed by atoms with Gasteiger partial charge in [0.25, 0.3) is 5.56 Å². The summed E-state index contributed by atoms with van der Waals surface area (Å²) < 4.78 is 1.31. The largest absolute Gasteiger partial charge is 0.296 e. The van der Waals surface area contributed by atoms with Crippen LogP contribution in [-0.4, -0.2) is 21.1 Å². The van der Waals surface area contributed by atoms with Gasteiger partial charge in [-0.05, 0) is 35.7 Å². The normalized spacial score (nSPS) is 12.0. The average molecular weight is 302 g/mol. The van der Waals surface area contributed by atoms with Gasteiger partial charge < -0.3 is 0 Å². The van der Waals surface area contributed by atoms with Crippen LogP contribution in [0.4, 0.5) is 0 Å². The molecule has 0 spiro atoms. The molecule has 0 saturated carbocycles. The number of hydrogen-bond donors (Lipinski definition) is 1. The molecule has 0 saturated heterocycles. The van der Waals surface area contributed by atoms with Crippen LogP contribution in [0.15, 0.2) is 34.2 Å². The molecular formula is C15H18N4OS. The van der Waals surface area contributed by atoms with Gasteiger partial charge in [0.05, 0.1) is 6.21 Å². The molecule has 2 aromatic rings. The number of rotatable bonds is 2. The van der Waals surface area contributed by atoms with E-state index in [4.69, 9.17) is 12.2 Å². The third-order valence-corrected chi connectivity index (χ3v) is 3.38. The van der Waals surface area contributed by atoms with E-state index in [9.17, 15) is 4.79 Å². The molecule has 0 aliphatic heterocycles. The third-order valence-electron chi connectivity index (χ3n) is 3.11. The number of hydrogen-bond acceptors (Lipinski definition) is 4. The van der Waals surface area contributed by atoms with Crippen molar-refractivity contribution in [1.82, 2.24) is 14.9 Å². The fourth-order valence-electron chi connectivity index (χ4n) is 1.77. The lowest BCUT2D eigenvalue weighted by Gasteiger charge is -2.18. The van der Waals surface area contributed by atoms with Crippen molar-refractivity contribution in [1.29, 1.82) is 0 Å². The minimum absolute atomic E-state index is 0.109. The predicted molar refractivity (Wildman–Crippen MR) is 86.6 cm³/mol. The summed E-state index contributed by atoms with van der Waals surface area (Å²) in [5, 5.41) is 10.5. The first-order chi connectivity index (χ1) is 9.79. The van der Waals surface area contributed by atoms with Crippen molar-refractivity contribution in [2.45, 2.75) is 33.1 Å². The minimum Gasteiger partial charge on any atom is -0.265 e. The van der Waals surface area contributed by atoms with Crippen LogP contribution in [0.5, 0.6) is 0 Å². The van der Waals surface area contributed by atoms with Gasteiger partial charge in [-0.3, -0.25) is 9.89 Å². The summed E-state index contributed by atoms with van der Waals surface area (Å²) in [6.07, 6.45) is 1.61. The number of aryl methyl sites for hydroxylation is 1. The van der Waals surface area contributed by atoms with Crippen LogP contribution >= 0.6 is 12.2 Å². The highest BCUT2D eigenvalue weighted by atomic mass is 32.1. The van der Waals surface area contributed by atoms with E-state index in [0.717, 1.165) is 10.2 Å². The molecule has 21 heavy (non-hydrogen) atoms. The summed E-state index contributed by atoms with van der Waals surface area (Å²) in [5.41, 5.74) is 2.26. The summed E-state index contributed by atoms with van der Waals surface area (Å²) in [5.74, 6) is 0. The molecule has 0 aliphatic carbocycles. The average Bonchev–Trinajstić information content (AvgIpc) is 2.43. The molecule has 0 atom stereocenters. The number of nitrogens with one attached hydrogen (secondary N) is 1. The van der Waals surface area contributed by atoms with Gasteiger partial charge >= 0.3 is 0 Å². The second-order valence-electron chi connectivity index (χ2n) is 5.85. The molecule has 1 N–H and O–H groups in total. The highest BCUT2D eigenvalue weighted by Crippen LogP contribution is 2.21. The van der Waals surface area contributed by atoms with E-state index in [1.54, 1.807) is 13.1 Å². The SMILES string of the molecule is Cc1n[nH]c(=S)n(/N=C\c2ccc(C(C)(C)C)cc2)c1=O. The van der Waals surface area contributed by atoms with E-state index in [-0.39, 0.29) is 15.7 Å². The smallest absolute Gasteiger partial charge is 0.265 e. The van der Waals surface area contributed by atoms with Crippen molar-refractivity contribution >= 4 is 18.4 Å². The predicted octanol–water partition coefficient (Wildman–Crippen LogP) is 2.79. The Morgan fingerprint density at radius 3 is 2.48 bits per heavy atom. The number of aromatic nitrogens is 3. The number of benzene rings is 1. The maximum Gasteiger partial charge on any atom is 0.296 e. The first-order valence-electron chi connectivity index (χ1n) is 6.62. The van der Waals surface area contributed by atoms with Crippen LogP contribution in [0.2, 0.25) is 0 Å². The van der Waals surface area contributed by atoms with Crippen LogP contribution in [-0.2, 0) is 5.41 Å². The summed E-state index contributed by atoms with van der Waals surface area (Å²) in [4.78, 5) is 11.9. The molecule has 0 radical (unpaired) electrons. The summed E-state index contributed by atoms with van der Waals surface area (Å²) in [7, 11) is 0. The van der Waals surface area contributed by atoms with Crippen molar-refractivity contribution in [3.05, 3.63) is 56.2 Å². The van der Waals surface area contributed by atoms with Gasteiger partial charge in [0, 0.05) is 0 Å². The standard InChI is InChI=1S/C15H18N4OS/c1-10-13(20)19(14(21)18-17-10)16-9-11-5-7-12(8-6-11)15(2,3)4/h5-9H,1-4H3,(H,18,21)/b16-9-. The van der Waals surface area contributed by atoms with E-state index in [1.165, 1.54) is 5.56 Å². The molecule has 1 aromatic heterocycles. The molecule has 0 bridgehead atoms. The molecule has 2 rings (SSSR count). The molecule has 110 valence electrons. The summed E-state index contributed by atoms with van der Waals surface area (Å²) in [6.45, 7) is 8.09. The first kappa shape index (κ1) is 15.3. The Morgan fingerprint density at radius 2 is 1.90 bits per heavy atom. The monoisotopic (exact) mass is 302 g/mol. The maximum atomic E-state index is 11.9. The molecule has 1 heterocycles. The third kappa shape index (κ3) is 3.52. The van der Waals surface area contributed by atoms with E-state index >= 15 is 0 Å². The zero-order valence-electron chi connectivity index (χ0n) is 12.5. The molecule has 0 fully saturated rings. The zero-order chi connectivity index (χ0) is 15.6. The van der Waals surface area contributed by atoms with Crippen molar-refractivity contribution < 1.29 is 0 Å². The van der Waals surface area contributed by atoms with Crippen LogP contribution < -0.4 is 5.56 Å². The van der Waals surface area contributed by atoms with E-state index in [2.05, 4.69) is 48.2 Å². The lowest BCUT2D eigenvalue weighted by molar-refractivity contribution is 0.590. The van der Waals surface area contributed by atoms with Crippen LogP contribution in [0, 0.1) is 11.7 Å². The van der Waals surface area contributed by atoms with Crippen LogP contribution in [0.1, 0.15) is 37.6 Å². The van der Waals surface area contributed by atoms with Crippen molar-refractivity contribution in [3.8, 4) is 0 Å². The van der Waals surface area contributed by atoms with Gasteiger partial charge in [-0.15, -0.1) is 0 Å². The Morgan fingerprint density at radius 1 is 1.29 bits per heavy atom. The number of aromatic amines is 1. The van der Waals surface area contributed by atoms with Gasteiger partial charge in [-0.25, -0.2) is 0 Å². The fraction of sp³-hybridized carbons (Fsp3) is 0.333. The Hall–Kier alpha value is -2.08. The Labute approximate surface area is 128 Å². The molecule has 1 aromatic carbocycles. The van der Waals surface area contributed by atoms with Crippen LogP contribution in [0.3, 0.4) is 0 Å². The van der Waals surface area contributed by atoms with Gasteiger partial charge in [-0.2, -0.15) is 14.9 Å². The van der Waals surface area contributed by atoms with Gasteiger partial charge in [0.2, 0.25) is 4.77 Å². The number of H-pyrrole nitrogens is 1. The fourth-order valence-corrected chi connectivity index (χ4v) is 1.95. The summed E-state index contributed by atoms with van der Waals surface area (Å²) >= 11 is 5.02. The van der Waals surface area contributed by atoms with Gasteiger partial charge in [-0.1, -0.05) is 45.0 Å². The van der Waals surface area contributed by atoms with Crippen molar-refractivity contribution in [2.75, 3.05) is 0 Å². The van der Waals surface area contributed by atoms with Gasteiger partial charge in [0.1, 0.15) is 5.69 Å². The highest BCUT2D eigenvalue weighted by Gasteiger charge is 2.12. The molecule has 0 unspecified atom stereocenters. The molecule has 0 aliphatic rings. The van der Waals surface area contributed by atoms with Crippen LogP contribution in [0.25, 0.3) is 0 Å². The Bertz CT molecular complexity index is 779. The second kappa shape index (κ2) is 5.73. The van der Waals surface area contributed by atoms with E-state index in [0.29, 0.717) is 5.69 Å². The number of nitrogens with zero attached hydrogens (tertiary/aromatic N) is 3. The molecule has 0 amide bonds. The minimum atomic E-state index is -0.318. The highest BCUT2D eigenvalue weighted by molar-refractivity contribution is 7.71. The van der Waals surface area contributed by atoms with E-state index in [1.807, 2.05) is 12.1 Å².